The highest BCUT2D eigenvalue weighted by Gasteiger charge is 2.31. The van der Waals surface area contributed by atoms with E-state index in [1.807, 2.05) is 30.2 Å². The quantitative estimate of drug-likeness (QED) is 0.105. The Bertz CT molecular complexity index is 2230. The van der Waals surface area contributed by atoms with Gasteiger partial charge in [-0.1, -0.05) is 72.1 Å². The molecule has 0 saturated heterocycles. The summed E-state index contributed by atoms with van der Waals surface area (Å²) in [7, 11) is 1.94. The van der Waals surface area contributed by atoms with E-state index in [1.165, 1.54) is 11.1 Å². The van der Waals surface area contributed by atoms with Crippen LogP contribution in [-0.4, -0.2) is 42.8 Å². The molecule has 9 heteroatoms. The minimum Gasteiger partial charge on any atom is -0.481 e. The number of carbonyl (C=O) groups is 1. The number of aliphatic carboxylic acids is 1. The van der Waals surface area contributed by atoms with Gasteiger partial charge in [0, 0.05) is 48.2 Å². The molecule has 6 aromatic rings. The van der Waals surface area contributed by atoms with Crippen LogP contribution in [0.1, 0.15) is 48.6 Å². The molecule has 8 nitrogen and oxygen atoms in total. The first-order valence-corrected chi connectivity index (χ1v) is 18.7. The van der Waals surface area contributed by atoms with Crippen LogP contribution in [0.4, 0.5) is 11.4 Å². The lowest BCUT2D eigenvalue weighted by molar-refractivity contribution is -0.136. The van der Waals surface area contributed by atoms with Crippen LogP contribution in [-0.2, 0) is 31.4 Å². The molecule has 0 bridgehead atoms. The number of pyridine rings is 1. The predicted molar refractivity (Wildman–Crippen MR) is 222 cm³/mol. The Morgan fingerprint density at radius 1 is 0.943 bits per heavy atom. The maximum atomic E-state index is 12.4. The van der Waals surface area contributed by atoms with Gasteiger partial charge in [-0.15, -0.1) is 13.2 Å². The van der Waals surface area contributed by atoms with Gasteiger partial charge in [-0.05, 0) is 97.8 Å². The number of carboxylic acid groups (broad SMARTS) is 1. The number of nitrogens with one attached hydrogen (secondary N) is 1. The number of aliphatic hydroxyl groups is 1. The van der Waals surface area contributed by atoms with Crippen molar-refractivity contribution in [2.24, 2.45) is 7.05 Å². The van der Waals surface area contributed by atoms with Crippen molar-refractivity contribution >= 4 is 40.2 Å². The molecule has 53 heavy (non-hydrogen) atoms. The van der Waals surface area contributed by atoms with Crippen LogP contribution in [0.15, 0.2) is 104 Å². The molecule has 0 radical (unpaired) electrons. The largest absolute Gasteiger partial charge is 0.481 e. The molecule has 1 aliphatic rings. The second-order valence-corrected chi connectivity index (χ2v) is 14.8. The highest BCUT2D eigenvalue weighted by atomic mass is 32.2. The van der Waals surface area contributed by atoms with Gasteiger partial charge in [0.1, 0.15) is 0 Å². The fraction of sp³-hybridized carbons (Fsp3) is 0.250. The van der Waals surface area contributed by atoms with E-state index in [4.69, 9.17) is 5.11 Å². The summed E-state index contributed by atoms with van der Waals surface area (Å²) in [6.45, 7) is 16.6. The second kappa shape index (κ2) is 16.5. The van der Waals surface area contributed by atoms with E-state index in [9.17, 15) is 9.90 Å². The molecule has 7 rings (SSSR count). The first-order chi connectivity index (χ1) is 25.3. The molecule has 3 heterocycles. The molecule has 3 N–H and O–H groups in total. The number of anilines is 2. The van der Waals surface area contributed by atoms with Crippen LogP contribution in [0.2, 0.25) is 0 Å². The summed E-state index contributed by atoms with van der Waals surface area (Å²) in [5.41, 5.74) is 14.2. The van der Waals surface area contributed by atoms with Crippen molar-refractivity contribution in [3.05, 3.63) is 132 Å². The lowest BCUT2D eigenvalue weighted by Crippen LogP contribution is -2.23. The molecule has 4 aromatic carbocycles. The van der Waals surface area contributed by atoms with Crippen molar-refractivity contribution < 1.29 is 15.0 Å². The number of aromatic nitrogens is 3. The maximum Gasteiger partial charge on any atom is 0.307 e. The van der Waals surface area contributed by atoms with Gasteiger partial charge < -0.3 is 19.8 Å². The third kappa shape index (κ3) is 8.81. The third-order valence-corrected chi connectivity index (χ3v) is 9.71. The van der Waals surface area contributed by atoms with E-state index in [0.717, 1.165) is 79.0 Å². The van der Waals surface area contributed by atoms with Crippen molar-refractivity contribution in [1.82, 2.24) is 14.8 Å². The summed E-state index contributed by atoms with van der Waals surface area (Å²) < 4.78 is 4.17. The number of rotatable bonds is 8. The smallest absolute Gasteiger partial charge is 0.307 e. The number of nitrogens with zero attached hydrogens (tertiary/aromatic N) is 4. The minimum atomic E-state index is -0.841. The van der Waals surface area contributed by atoms with E-state index in [0.29, 0.717) is 6.54 Å². The Balaban J connectivity index is 0.000000715. The summed E-state index contributed by atoms with van der Waals surface area (Å²) in [6.07, 6.45) is 5.73. The van der Waals surface area contributed by atoms with Crippen LogP contribution in [0.5, 0.6) is 0 Å². The maximum absolute atomic E-state index is 12.4. The van der Waals surface area contributed by atoms with E-state index in [2.05, 4.69) is 126 Å². The number of hydrogen-bond acceptors (Lipinski definition) is 7. The topological polar surface area (TPSA) is 104 Å². The van der Waals surface area contributed by atoms with Crippen LogP contribution in [0.3, 0.4) is 0 Å². The van der Waals surface area contributed by atoms with Crippen molar-refractivity contribution in [2.75, 3.05) is 15.9 Å². The van der Waals surface area contributed by atoms with Crippen molar-refractivity contribution in [1.29, 1.82) is 0 Å². The second-order valence-electron chi connectivity index (χ2n) is 14.0. The van der Waals surface area contributed by atoms with E-state index < -0.39 is 11.6 Å². The number of benzene rings is 4. The van der Waals surface area contributed by atoms with Gasteiger partial charge in [0.25, 0.3) is 0 Å². The number of carboxylic acids is 1. The van der Waals surface area contributed by atoms with Gasteiger partial charge in [-0.25, -0.2) is 0 Å². The van der Waals surface area contributed by atoms with Gasteiger partial charge in [0.2, 0.25) is 0 Å². The molecule has 1 aliphatic heterocycles. The van der Waals surface area contributed by atoms with Gasteiger partial charge in [0.05, 0.1) is 41.7 Å². The molecule has 0 spiro atoms. The molecular formula is C44H49N5O3S. The van der Waals surface area contributed by atoms with Crippen molar-refractivity contribution in [3.8, 4) is 33.5 Å². The van der Waals surface area contributed by atoms with Gasteiger partial charge >= 0.3 is 5.97 Å². The zero-order chi connectivity index (χ0) is 38.4. The van der Waals surface area contributed by atoms with Crippen LogP contribution < -0.4 is 9.62 Å². The Hall–Kier alpha value is -5.38. The molecule has 274 valence electrons. The van der Waals surface area contributed by atoms with E-state index in [-0.39, 0.29) is 6.42 Å². The van der Waals surface area contributed by atoms with Crippen LogP contribution in [0.25, 0.3) is 44.4 Å². The summed E-state index contributed by atoms with van der Waals surface area (Å²) in [5.74, 6) is -0.841. The minimum absolute atomic E-state index is 0.0601. The lowest BCUT2D eigenvalue weighted by atomic mass is 9.80. The highest BCUT2D eigenvalue weighted by Crippen LogP contribution is 2.50. The predicted octanol–water partition coefficient (Wildman–Crippen LogP) is 10.0. The molecule has 0 atom stereocenters. The first kappa shape index (κ1) is 38.8. The molecule has 0 aliphatic carbocycles. The Labute approximate surface area is 317 Å². The molecule has 0 amide bonds. The Kier molecular flexibility index (Phi) is 12.1. The molecule has 2 aromatic heterocycles. The van der Waals surface area contributed by atoms with Crippen LogP contribution in [0, 0.1) is 13.8 Å². The zero-order valence-corrected chi connectivity index (χ0v) is 32.5. The molecule has 0 unspecified atom stereocenters. The van der Waals surface area contributed by atoms with Gasteiger partial charge in [-0.2, -0.15) is 5.10 Å². The lowest BCUT2D eigenvalue weighted by Gasteiger charge is -2.36. The van der Waals surface area contributed by atoms with Crippen molar-refractivity contribution in [3.63, 3.8) is 0 Å². The standard InChI is InChI=1S/C38H35N5O2S.C4H10O.C2H4/c1-23-9-11-25(12-10-23)36-31(19-35(44)45)24(2)38-37(30-8-6-5-7-27(30)22-43(38)46-4)32(36)21-40-29-15-16-39-33(18-29)26-13-14-34-28(17-26)20-41-42(34)3;1-4(2,3)5;1-2/h5-18,20H,19,21-22H2,1-4H3,(H,39,40)(H,44,45);5H,1-3H3;1-2H2. The van der Waals surface area contributed by atoms with E-state index in [1.54, 1.807) is 32.7 Å². The summed E-state index contributed by atoms with van der Waals surface area (Å²) in [5, 5.41) is 27.8. The number of fused-ring (bicyclic) bond motifs is 4. The van der Waals surface area contributed by atoms with Gasteiger partial charge in [0.15, 0.2) is 0 Å². The monoisotopic (exact) mass is 727 g/mol. The fourth-order valence-corrected chi connectivity index (χ4v) is 7.37. The van der Waals surface area contributed by atoms with Crippen molar-refractivity contribution in [2.45, 2.75) is 59.7 Å². The zero-order valence-electron chi connectivity index (χ0n) is 31.7. The van der Waals surface area contributed by atoms with Crippen LogP contribution >= 0.6 is 11.9 Å². The van der Waals surface area contributed by atoms with Gasteiger partial charge in [-0.3, -0.25) is 14.5 Å². The van der Waals surface area contributed by atoms with E-state index >= 15 is 0 Å². The Morgan fingerprint density at radius 2 is 1.62 bits per heavy atom. The fourth-order valence-electron chi connectivity index (χ4n) is 6.69. The third-order valence-electron chi connectivity index (χ3n) is 8.96. The first-order valence-electron chi connectivity index (χ1n) is 17.5. The average Bonchev–Trinajstić information content (AvgIpc) is 3.51. The molecule has 0 saturated carbocycles. The molecular weight excluding hydrogens is 679 g/mol. The summed E-state index contributed by atoms with van der Waals surface area (Å²) in [6, 6.07) is 27.3. The highest BCUT2D eigenvalue weighted by molar-refractivity contribution is 7.99. The summed E-state index contributed by atoms with van der Waals surface area (Å²) >= 11 is 1.67. The summed E-state index contributed by atoms with van der Waals surface area (Å²) in [4.78, 5) is 17.1. The number of aryl methyl sites for hydroxylation is 2. The molecule has 0 fully saturated rings. The Morgan fingerprint density at radius 3 is 2.30 bits per heavy atom. The SMILES string of the molecule is C=C.CC(C)(C)O.CSN1Cc2ccccc2-c2c(CNc3ccnc(-c4ccc5c(cnn5C)c4)c3)c(-c3ccc(C)cc3)c(CC(=O)O)c(C)c21. The normalized spacial score (nSPS) is 11.8. The number of hydrogen-bond donors (Lipinski definition) is 3. The average molecular weight is 728 g/mol.